The molecule has 156 valence electrons. The zero-order valence-electron chi connectivity index (χ0n) is 17.4. The monoisotopic (exact) mass is 473 g/mol. The van der Waals surface area contributed by atoms with E-state index in [1.165, 1.54) is 11.1 Å². The Morgan fingerprint density at radius 3 is 2.29 bits per heavy atom. The van der Waals surface area contributed by atoms with Crippen LogP contribution in [0.25, 0.3) is 16.9 Å². The number of hydrogen-bond acceptors (Lipinski definition) is 3. The van der Waals surface area contributed by atoms with Crippen LogP contribution >= 0.6 is 15.9 Å². The molecule has 0 amide bonds. The van der Waals surface area contributed by atoms with Crippen LogP contribution in [0.15, 0.2) is 93.9 Å². The summed E-state index contributed by atoms with van der Waals surface area (Å²) in [6.07, 6.45) is 3.52. The summed E-state index contributed by atoms with van der Waals surface area (Å²) in [5.41, 5.74) is 7.41. The van der Waals surface area contributed by atoms with E-state index in [1.54, 1.807) is 0 Å². The smallest absolute Gasteiger partial charge is 0.174 e. The number of aromatic nitrogens is 1. The normalized spacial score (nSPS) is 11.6. The quantitative estimate of drug-likeness (QED) is 0.320. The first-order chi connectivity index (χ1) is 15.2. The van der Waals surface area contributed by atoms with Gasteiger partial charge in [-0.2, -0.15) is 0 Å². The highest BCUT2D eigenvalue weighted by Crippen LogP contribution is 2.36. The van der Waals surface area contributed by atoms with Crippen molar-refractivity contribution in [3.05, 3.63) is 117 Å². The Kier molecular flexibility index (Phi) is 6.80. The molecule has 4 rings (SSSR count). The minimum Gasteiger partial charge on any atom is -0.396 e. The lowest BCUT2D eigenvalue weighted by Gasteiger charge is -2.11. The van der Waals surface area contributed by atoms with Crippen LogP contribution in [0.3, 0.4) is 0 Å². The van der Waals surface area contributed by atoms with E-state index in [9.17, 15) is 5.11 Å². The zero-order valence-corrected chi connectivity index (χ0v) is 19.0. The van der Waals surface area contributed by atoms with Gasteiger partial charge in [-0.1, -0.05) is 81.8 Å². The molecule has 0 atom stereocenters. The molecule has 0 fully saturated rings. The van der Waals surface area contributed by atoms with E-state index in [1.807, 2.05) is 37.3 Å². The maximum Gasteiger partial charge on any atom is 0.174 e. The van der Waals surface area contributed by atoms with Crippen molar-refractivity contribution in [3.8, 4) is 11.3 Å². The second-order valence-electron chi connectivity index (χ2n) is 7.47. The minimum absolute atomic E-state index is 0.0908. The Morgan fingerprint density at radius 1 is 0.935 bits per heavy atom. The fourth-order valence-electron chi connectivity index (χ4n) is 3.69. The lowest BCUT2D eigenvalue weighted by molar-refractivity contribution is 0.303. The molecule has 0 aliphatic heterocycles. The van der Waals surface area contributed by atoms with Crippen molar-refractivity contribution in [3.63, 3.8) is 0 Å². The number of halogens is 1. The molecule has 1 N–H and O–H groups in total. The van der Waals surface area contributed by atoms with Gasteiger partial charge < -0.3 is 9.63 Å². The Bertz CT molecular complexity index is 1160. The zero-order chi connectivity index (χ0) is 21.6. The van der Waals surface area contributed by atoms with E-state index in [0.717, 1.165) is 44.6 Å². The fourth-order valence-corrected chi connectivity index (χ4v) is 3.96. The molecule has 0 spiro atoms. The number of aliphatic hydroxyl groups excluding tert-OH is 1. The van der Waals surface area contributed by atoms with Gasteiger partial charge in [0, 0.05) is 16.6 Å². The third-order valence-corrected chi connectivity index (χ3v) is 5.76. The first kappa shape index (κ1) is 21.3. The predicted molar refractivity (Wildman–Crippen MR) is 129 cm³/mol. The molecule has 0 aliphatic rings. The lowest BCUT2D eigenvalue weighted by atomic mass is 9.92. The van der Waals surface area contributed by atoms with Gasteiger partial charge >= 0.3 is 0 Å². The van der Waals surface area contributed by atoms with Gasteiger partial charge in [-0.05, 0) is 66.3 Å². The Labute approximate surface area is 191 Å². The molecule has 1 heterocycles. The van der Waals surface area contributed by atoms with E-state index < -0.39 is 0 Å². The topological polar surface area (TPSA) is 46.3 Å². The first-order valence-electron chi connectivity index (χ1n) is 10.3. The molecule has 0 saturated heterocycles. The van der Waals surface area contributed by atoms with Crippen LogP contribution in [-0.2, 0) is 6.42 Å². The van der Waals surface area contributed by atoms with Crippen molar-refractivity contribution >= 4 is 21.5 Å². The molecular weight excluding hydrogens is 450 g/mol. The van der Waals surface area contributed by atoms with Gasteiger partial charge in [0.2, 0.25) is 0 Å². The molecule has 0 radical (unpaired) electrons. The molecule has 0 unspecified atom stereocenters. The van der Waals surface area contributed by atoms with Crippen molar-refractivity contribution in [1.29, 1.82) is 0 Å². The highest BCUT2D eigenvalue weighted by molar-refractivity contribution is 9.10. The molecule has 3 aromatic carbocycles. The van der Waals surface area contributed by atoms with Gasteiger partial charge in [0.15, 0.2) is 5.76 Å². The molecular formula is C27H24BrNO2. The maximum atomic E-state index is 9.47. The second kappa shape index (κ2) is 9.90. The number of aryl methyl sites for hydroxylation is 1. The summed E-state index contributed by atoms with van der Waals surface area (Å²) in [5.74, 6) is 0.738. The number of rotatable bonds is 7. The van der Waals surface area contributed by atoms with Gasteiger partial charge in [-0.15, -0.1) is 0 Å². The van der Waals surface area contributed by atoms with Gasteiger partial charge in [0.05, 0.1) is 11.3 Å². The van der Waals surface area contributed by atoms with Crippen LogP contribution in [-0.4, -0.2) is 16.9 Å². The van der Waals surface area contributed by atoms with Crippen LogP contribution in [0.2, 0.25) is 0 Å². The third-order valence-electron chi connectivity index (χ3n) is 5.23. The Balaban J connectivity index is 1.71. The fraction of sp³-hybridized carbons (Fsp3) is 0.148. The Hall–Kier alpha value is -2.95. The van der Waals surface area contributed by atoms with Crippen LogP contribution in [0, 0.1) is 6.92 Å². The van der Waals surface area contributed by atoms with Crippen molar-refractivity contribution < 1.29 is 9.63 Å². The van der Waals surface area contributed by atoms with E-state index in [0.29, 0.717) is 6.42 Å². The van der Waals surface area contributed by atoms with Gasteiger partial charge in [0.25, 0.3) is 0 Å². The number of aliphatic hydroxyl groups is 1. The summed E-state index contributed by atoms with van der Waals surface area (Å²) in [6.45, 7) is 2.05. The number of benzene rings is 3. The largest absolute Gasteiger partial charge is 0.396 e. The standard InChI is InChI=1S/C27H24BrNO2/c1-19-26(27(31-29-19)23-13-15-24(28)16-14-23)25(8-5-17-30)22-11-9-21(10-12-22)18-20-6-3-2-4-7-20/h2-4,6-16,30H,5,17-18H2,1H3/b25-8+. The molecule has 31 heavy (non-hydrogen) atoms. The highest BCUT2D eigenvalue weighted by Gasteiger charge is 2.20. The average Bonchev–Trinajstić information content (AvgIpc) is 3.17. The summed E-state index contributed by atoms with van der Waals surface area (Å²) in [5, 5.41) is 13.7. The Morgan fingerprint density at radius 2 is 1.61 bits per heavy atom. The van der Waals surface area contributed by atoms with Crippen molar-refractivity contribution in [2.45, 2.75) is 19.8 Å². The molecule has 0 saturated carbocycles. The van der Waals surface area contributed by atoms with Crippen molar-refractivity contribution in [1.82, 2.24) is 5.16 Å². The molecule has 4 aromatic rings. The van der Waals surface area contributed by atoms with E-state index >= 15 is 0 Å². The SMILES string of the molecule is Cc1noc(-c2ccc(Br)cc2)c1/C(=C/CCO)c1ccc(Cc2ccccc2)cc1. The number of hydrogen-bond donors (Lipinski definition) is 1. The summed E-state index contributed by atoms with van der Waals surface area (Å²) in [4.78, 5) is 0. The van der Waals surface area contributed by atoms with Crippen molar-refractivity contribution in [2.24, 2.45) is 0 Å². The maximum absolute atomic E-state index is 9.47. The van der Waals surface area contributed by atoms with Gasteiger partial charge in [-0.3, -0.25) is 0 Å². The lowest BCUT2D eigenvalue weighted by Crippen LogP contribution is -1.95. The molecule has 0 aliphatic carbocycles. The average molecular weight is 474 g/mol. The molecule has 4 heteroatoms. The van der Waals surface area contributed by atoms with E-state index in [2.05, 4.69) is 75.7 Å². The number of nitrogens with zero attached hydrogens (tertiary/aromatic N) is 1. The third kappa shape index (κ3) is 5.04. The van der Waals surface area contributed by atoms with Crippen LogP contribution in [0.5, 0.6) is 0 Å². The molecule has 0 bridgehead atoms. The van der Waals surface area contributed by atoms with E-state index in [4.69, 9.17) is 4.52 Å². The van der Waals surface area contributed by atoms with Crippen molar-refractivity contribution in [2.75, 3.05) is 6.61 Å². The minimum atomic E-state index is 0.0908. The van der Waals surface area contributed by atoms with Gasteiger partial charge in [-0.25, -0.2) is 0 Å². The van der Waals surface area contributed by atoms with Crippen LogP contribution < -0.4 is 0 Å². The van der Waals surface area contributed by atoms with Crippen LogP contribution in [0.4, 0.5) is 0 Å². The predicted octanol–water partition coefficient (Wildman–Crippen LogP) is 6.82. The summed E-state index contributed by atoms with van der Waals surface area (Å²) in [7, 11) is 0. The van der Waals surface area contributed by atoms with E-state index in [-0.39, 0.29) is 6.61 Å². The molecule has 1 aromatic heterocycles. The molecule has 3 nitrogen and oxygen atoms in total. The summed E-state index contributed by atoms with van der Waals surface area (Å²) >= 11 is 3.49. The van der Waals surface area contributed by atoms with Crippen LogP contribution in [0.1, 0.15) is 34.4 Å². The first-order valence-corrected chi connectivity index (χ1v) is 11.1. The summed E-state index contributed by atoms with van der Waals surface area (Å²) in [6, 6.07) is 27.1. The summed E-state index contributed by atoms with van der Waals surface area (Å²) < 4.78 is 6.75. The highest BCUT2D eigenvalue weighted by atomic mass is 79.9. The second-order valence-corrected chi connectivity index (χ2v) is 8.38. The van der Waals surface area contributed by atoms with Gasteiger partial charge in [0.1, 0.15) is 0 Å².